The molecule has 0 fully saturated rings. The molecule has 3 amide bonds. The highest BCUT2D eigenvalue weighted by molar-refractivity contribution is 7.99. The average molecular weight is 473 g/mol. The summed E-state index contributed by atoms with van der Waals surface area (Å²) < 4.78 is 10.7. The highest BCUT2D eigenvalue weighted by atomic mass is 32.2. The normalized spacial score (nSPS) is 12.2. The quantitative estimate of drug-likeness (QED) is 0.361. The smallest absolute Gasteiger partial charge is 0.328 e. The Bertz CT molecular complexity index is 946. The van der Waals surface area contributed by atoms with Crippen molar-refractivity contribution in [2.75, 3.05) is 13.4 Å². The van der Waals surface area contributed by atoms with E-state index in [1.807, 2.05) is 42.7 Å². The SMILES string of the molecule is CCC(=O)NC(Cc1ccc(Oc2ccc(CC(SC)C(=O)NC=O)cc2)cc1)C(=O)OC. The molecule has 2 atom stereocenters. The molecule has 0 aliphatic carbocycles. The zero-order valence-corrected chi connectivity index (χ0v) is 19.6. The molecule has 0 aromatic heterocycles. The van der Waals surface area contributed by atoms with Crippen LogP contribution < -0.4 is 15.4 Å². The number of hydrogen-bond acceptors (Lipinski definition) is 7. The van der Waals surface area contributed by atoms with Crippen LogP contribution in [0, 0.1) is 0 Å². The van der Waals surface area contributed by atoms with Gasteiger partial charge in [-0.2, -0.15) is 11.8 Å². The second kappa shape index (κ2) is 13.3. The largest absolute Gasteiger partial charge is 0.467 e. The van der Waals surface area contributed by atoms with Crippen molar-refractivity contribution >= 4 is 36.0 Å². The van der Waals surface area contributed by atoms with Crippen LogP contribution in [0.15, 0.2) is 48.5 Å². The maximum absolute atomic E-state index is 12.0. The Morgan fingerprint density at radius 2 is 1.52 bits per heavy atom. The Morgan fingerprint density at radius 3 is 1.97 bits per heavy atom. The molecule has 2 unspecified atom stereocenters. The van der Waals surface area contributed by atoms with Gasteiger partial charge >= 0.3 is 5.97 Å². The minimum atomic E-state index is -0.750. The number of thioether (sulfide) groups is 1. The lowest BCUT2D eigenvalue weighted by atomic mass is 10.1. The fraction of sp³-hybridized carbons (Fsp3) is 0.333. The molecule has 0 bridgehead atoms. The molecule has 8 nitrogen and oxygen atoms in total. The van der Waals surface area contributed by atoms with Crippen molar-refractivity contribution in [2.24, 2.45) is 0 Å². The van der Waals surface area contributed by atoms with Crippen molar-refractivity contribution in [2.45, 2.75) is 37.5 Å². The van der Waals surface area contributed by atoms with Crippen LogP contribution in [0.2, 0.25) is 0 Å². The number of benzene rings is 2. The molecular formula is C24H28N2O6S. The second-order valence-corrected chi connectivity index (χ2v) is 8.19. The highest BCUT2D eigenvalue weighted by Crippen LogP contribution is 2.24. The maximum Gasteiger partial charge on any atom is 0.328 e. The standard InChI is InChI=1S/C24H28N2O6S/c1-4-22(28)26-20(24(30)31-2)13-16-5-9-18(10-6-16)32-19-11-7-17(8-12-19)14-21(33-3)23(29)25-15-27/h5-12,15,20-21H,4,13-14H2,1-3H3,(H,26,28)(H,25,27,29). The van der Waals surface area contributed by atoms with Gasteiger partial charge in [0.25, 0.3) is 0 Å². The van der Waals surface area contributed by atoms with E-state index in [0.717, 1.165) is 11.1 Å². The van der Waals surface area contributed by atoms with E-state index in [2.05, 4.69) is 10.6 Å². The maximum atomic E-state index is 12.0. The first-order valence-electron chi connectivity index (χ1n) is 10.4. The van der Waals surface area contributed by atoms with E-state index in [-0.39, 0.29) is 23.5 Å². The van der Waals surface area contributed by atoms with Gasteiger partial charge < -0.3 is 14.8 Å². The molecule has 2 rings (SSSR count). The summed E-state index contributed by atoms with van der Waals surface area (Å²) in [6.45, 7) is 1.72. The molecular weight excluding hydrogens is 444 g/mol. The summed E-state index contributed by atoms with van der Waals surface area (Å²) >= 11 is 1.38. The Labute approximate surface area is 197 Å². The first kappa shape index (κ1) is 25.9. The monoisotopic (exact) mass is 472 g/mol. The van der Waals surface area contributed by atoms with Gasteiger partial charge in [0.2, 0.25) is 18.2 Å². The summed E-state index contributed by atoms with van der Waals surface area (Å²) in [7, 11) is 1.29. The second-order valence-electron chi connectivity index (χ2n) is 7.15. The van der Waals surface area contributed by atoms with Gasteiger partial charge in [0.15, 0.2) is 0 Å². The van der Waals surface area contributed by atoms with Crippen molar-refractivity contribution in [3.8, 4) is 11.5 Å². The number of methoxy groups -OCH3 is 1. The predicted molar refractivity (Wildman–Crippen MR) is 126 cm³/mol. The Balaban J connectivity index is 1.98. The Hall–Kier alpha value is -3.33. The molecule has 9 heteroatoms. The van der Waals surface area contributed by atoms with E-state index in [9.17, 15) is 19.2 Å². The molecule has 0 saturated heterocycles. The van der Waals surface area contributed by atoms with Crippen LogP contribution in [-0.2, 0) is 36.8 Å². The lowest BCUT2D eigenvalue weighted by molar-refractivity contribution is -0.145. The van der Waals surface area contributed by atoms with Crippen molar-refractivity contribution in [3.05, 3.63) is 59.7 Å². The van der Waals surface area contributed by atoms with E-state index in [1.165, 1.54) is 18.9 Å². The van der Waals surface area contributed by atoms with Gasteiger partial charge in [-0.15, -0.1) is 0 Å². The number of nitrogens with one attached hydrogen (secondary N) is 2. The van der Waals surface area contributed by atoms with Crippen molar-refractivity contribution < 1.29 is 28.7 Å². The zero-order valence-electron chi connectivity index (χ0n) is 18.8. The van der Waals surface area contributed by atoms with Gasteiger partial charge in [0, 0.05) is 12.8 Å². The minimum Gasteiger partial charge on any atom is -0.467 e. The van der Waals surface area contributed by atoms with E-state index < -0.39 is 12.0 Å². The summed E-state index contributed by atoms with van der Waals surface area (Å²) in [6.07, 6.45) is 3.29. The third-order valence-electron chi connectivity index (χ3n) is 4.86. The van der Waals surface area contributed by atoms with Crippen LogP contribution in [0.3, 0.4) is 0 Å². The van der Waals surface area contributed by atoms with Crippen LogP contribution >= 0.6 is 11.8 Å². The molecule has 0 spiro atoms. The van der Waals surface area contributed by atoms with Gasteiger partial charge in [-0.3, -0.25) is 19.7 Å². The number of carbonyl (C=O) groups is 4. The average Bonchev–Trinajstić information content (AvgIpc) is 2.83. The number of rotatable bonds is 12. The molecule has 2 aromatic rings. The Kier molecular flexibility index (Phi) is 10.4. The molecule has 2 aromatic carbocycles. The van der Waals surface area contributed by atoms with E-state index in [4.69, 9.17) is 9.47 Å². The van der Waals surface area contributed by atoms with Crippen LogP contribution in [0.25, 0.3) is 0 Å². The minimum absolute atomic E-state index is 0.220. The lowest BCUT2D eigenvalue weighted by Gasteiger charge is -2.16. The summed E-state index contributed by atoms with van der Waals surface area (Å²) in [5.74, 6) is 0.214. The summed E-state index contributed by atoms with van der Waals surface area (Å²) in [5.41, 5.74) is 1.79. The van der Waals surface area contributed by atoms with Gasteiger partial charge in [-0.1, -0.05) is 31.2 Å². The lowest BCUT2D eigenvalue weighted by Crippen LogP contribution is -2.42. The molecule has 2 N–H and O–H groups in total. The van der Waals surface area contributed by atoms with Gasteiger partial charge in [-0.25, -0.2) is 4.79 Å². The Morgan fingerprint density at radius 1 is 0.970 bits per heavy atom. The predicted octanol–water partition coefficient (Wildman–Crippen LogP) is 2.64. The molecule has 33 heavy (non-hydrogen) atoms. The summed E-state index contributed by atoms with van der Waals surface area (Å²) in [5, 5.41) is 4.50. The first-order chi connectivity index (χ1) is 15.9. The fourth-order valence-electron chi connectivity index (χ4n) is 3.04. The third kappa shape index (κ3) is 8.27. The van der Waals surface area contributed by atoms with Crippen molar-refractivity contribution in [1.82, 2.24) is 10.6 Å². The molecule has 0 radical (unpaired) electrons. The molecule has 0 aliphatic heterocycles. The highest BCUT2D eigenvalue weighted by Gasteiger charge is 2.21. The zero-order chi connectivity index (χ0) is 24.2. The van der Waals surface area contributed by atoms with E-state index in [1.54, 1.807) is 19.1 Å². The van der Waals surface area contributed by atoms with Crippen molar-refractivity contribution in [3.63, 3.8) is 0 Å². The number of carbonyl (C=O) groups excluding carboxylic acids is 4. The molecule has 176 valence electrons. The van der Waals surface area contributed by atoms with Crippen LogP contribution in [-0.4, -0.2) is 48.9 Å². The third-order valence-corrected chi connectivity index (χ3v) is 5.81. The number of imide groups is 1. The van der Waals surface area contributed by atoms with Crippen molar-refractivity contribution in [1.29, 1.82) is 0 Å². The van der Waals surface area contributed by atoms with Crippen LogP contribution in [0.5, 0.6) is 11.5 Å². The fourth-order valence-corrected chi connectivity index (χ4v) is 3.68. The topological polar surface area (TPSA) is 111 Å². The first-order valence-corrected chi connectivity index (χ1v) is 11.7. The van der Waals surface area contributed by atoms with Gasteiger partial charge in [0.05, 0.1) is 12.4 Å². The molecule has 0 aliphatic rings. The summed E-state index contributed by atoms with van der Waals surface area (Å²) in [6, 6.07) is 13.8. The number of hydrogen-bond donors (Lipinski definition) is 2. The number of esters is 1. The van der Waals surface area contributed by atoms with Gasteiger partial charge in [-0.05, 0) is 48.1 Å². The van der Waals surface area contributed by atoms with E-state index >= 15 is 0 Å². The number of amides is 3. The molecule has 0 saturated carbocycles. The number of ether oxygens (including phenoxy) is 2. The van der Waals surface area contributed by atoms with Gasteiger partial charge in [0.1, 0.15) is 17.5 Å². The van der Waals surface area contributed by atoms with Crippen LogP contribution in [0.4, 0.5) is 0 Å². The molecule has 0 heterocycles. The van der Waals surface area contributed by atoms with E-state index in [0.29, 0.717) is 30.8 Å². The summed E-state index contributed by atoms with van der Waals surface area (Å²) in [4.78, 5) is 46.0. The van der Waals surface area contributed by atoms with Crippen LogP contribution in [0.1, 0.15) is 24.5 Å².